The van der Waals surface area contributed by atoms with Crippen LogP contribution in [-0.4, -0.2) is 47.0 Å². The first-order chi connectivity index (χ1) is 17.4. The van der Waals surface area contributed by atoms with Gasteiger partial charge in [-0.1, -0.05) is 17.7 Å². The number of benzene rings is 2. The maximum atomic E-state index is 12.5. The number of amides is 3. The molecular formula is C26H28ClN5O4. The Kier molecular flexibility index (Phi) is 8.22. The molecule has 2 N–H and O–H groups in total. The van der Waals surface area contributed by atoms with Crippen LogP contribution in [0.2, 0.25) is 5.02 Å². The van der Waals surface area contributed by atoms with Crippen LogP contribution in [0, 0.1) is 12.8 Å². The molecule has 1 atom stereocenters. The van der Waals surface area contributed by atoms with Gasteiger partial charge in [0, 0.05) is 54.8 Å². The minimum absolute atomic E-state index is 0.0986. The molecule has 0 radical (unpaired) electrons. The molecule has 1 saturated heterocycles. The highest BCUT2D eigenvalue weighted by molar-refractivity contribution is 6.31. The summed E-state index contributed by atoms with van der Waals surface area (Å²) in [6.45, 7) is 3.35. The molecule has 0 aliphatic carbocycles. The van der Waals surface area contributed by atoms with E-state index < -0.39 is 0 Å². The molecule has 2 heterocycles. The Balaban J connectivity index is 1.23. The van der Waals surface area contributed by atoms with Crippen molar-refractivity contribution in [3.8, 4) is 5.75 Å². The highest BCUT2D eigenvalue weighted by Crippen LogP contribution is 2.27. The van der Waals surface area contributed by atoms with Crippen LogP contribution < -0.4 is 20.3 Å². The Hall–Kier alpha value is -3.85. The molecule has 4 rings (SSSR count). The van der Waals surface area contributed by atoms with Gasteiger partial charge >= 0.3 is 0 Å². The fourth-order valence-corrected chi connectivity index (χ4v) is 4.13. The second-order valence-corrected chi connectivity index (χ2v) is 9.08. The number of aromatic nitrogens is 2. The quantitative estimate of drug-likeness (QED) is 0.407. The number of imidazole rings is 1. The molecule has 36 heavy (non-hydrogen) atoms. The minimum Gasteiger partial charge on any atom is -0.484 e. The van der Waals surface area contributed by atoms with Gasteiger partial charge in [-0.25, -0.2) is 4.98 Å². The van der Waals surface area contributed by atoms with Gasteiger partial charge in [0.05, 0.1) is 12.2 Å². The first-order valence-electron chi connectivity index (χ1n) is 11.7. The maximum Gasteiger partial charge on any atom is 0.262 e. The van der Waals surface area contributed by atoms with Crippen molar-refractivity contribution in [2.75, 3.05) is 29.9 Å². The summed E-state index contributed by atoms with van der Waals surface area (Å²) in [6, 6.07) is 12.2. The van der Waals surface area contributed by atoms with Crippen LogP contribution in [0.25, 0.3) is 0 Å². The number of halogens is 1. The number of nitrogens with one attached hydrogen (secondary N) is 2. The van der Waals surface area contributed by atoms with Gasteiger partial charge < -0.3 is 24.8 Å². The molecule has 0 unspecified atom stereocenters. The molecule has 1 aliphatic heterocycles. The molecule has 1 fully saturated rings. The lowest BCUT2D eigenvalue weighted by Gasteiger charge is -2.17. The van der Waals surface area contributed by atoms with Crippen molar-refractivity contribution in [1.29, 1.82) is 0 Å². The third-order valence-electron chi connectivity index (χ3n) is 5.94. The van der Waals surface area contributed by atoms with Gasteiger partial charge in [-0.2, -0.15) is 0 Å². The fourth-order valence-electron chi connectivity index (χ4n) is 3.96. The van der Waals surface area contributed by atoms with Crippen molar-refractivity contribution in [1.82, 2.24) is 14.9 Å². The molecule has 3 aromatic rings. The Morgan fingerprint density at radius 3 is 2.75 bits per heavy atom. The molecule has 3 amide bonds. The van der Waals surface area contributed by atoms with E-state index in [4.69, 9.17) is 16.3 Å². The molecule has 0 saturated carbocycles. The number of nitrogens with zero attached hydrogens (tertiary/aromatic N) is 3. The molecule has 9 nitrogen and oxygen atoms in total. The maximum absolute atomic E-state index is 12.5. The summed E-state index contributed by atoms with van der Waals surface area (Å²) in [5.41, 5.74) is 2.21. The van der Waals surface area contributed by atoms with Gasteiger partial charge in [0.15, 0.2) is 6.61 Å². The predicted molar refractivity (Wildman–Crippen MR) is 137 cm³/mol. The average Bonchev–Trinajstić information content (AvgIpc) is 3.53. The molecule has 0 spiro atoms. The minimum atomic E-state index is -0.389. The Bertz CT molecular complexity index is 1210. The largest absolute Gasteiger partial charge is 0.484 e. The van der Waals surface area contributed by atoms with Crippen LogP contribution in [0.1, 0.15) is 18.4 Å². The summed E-state index contributed by atoms with van der Waals surface area (Å²) < 4.78 is 7.53. The lowest BCUT2D eigenvalue weighted by Crippen LogP contribution is -2.33. The van der Waals surface area contributed by atoms with E-state index in [1.165, 1.54) is 0 Å². The average molecular weight is 510 g/mol. The Morgan fingerprint density at radius 1 is 1.19 bits per heavy atom. The van der Waals surface area contributed by atoms with Crippen molar-refractivity contribution in [3.05, 3.63) is 71.8 Å². The van der Waals surface area contributed by atoms with Crippen LogP contribution >= 0.6 is 11.6 Å². The highest BCUT2D eigenvalue weighted by Gasteiger charge is 2.34. The summed E-state index contributed by atoms with van der Waals surface area (Å²) >= 11 is 5.99. The number of aryl methyl sites for hydroxylation is 2. The van der Waals surface area contributed by atoms with E-state index in [9.17, 15) is 14.4 Å². The second-order valence-electron chi connectivity index (χ2n) is 8.64. The number of anilines is 2. The Morgan fingerprint density at radius 2 is 2.00 bits per heavy atom. The molecule has 2 aromatic carbocycles. The van der Waals surface area contributed by atoms with E-state index in [0.717, 1.165) is 18.5 Å². The van der Waals surface area contributed by atoms with Crippen LogP contribution in [0.15, 0.2) is 61.2 Å². The van der Waals surface area contributed by atoms with E-state index in [-0.39, 0.29) is 36.7 Å². The molecule has 10 heteroatoms. The molecule has 1 aromatic heterocycles. The van der Waals surface area contributed by atoms with E-state index in [2.05, 4.69) is 15.6 Å². The van der Waals surface area contributed by atoms with Crippen LogP contribution in [0.3, 0.4) is 0 Å². The second kappa shape index (κ2) is 11.7. The van der Waals surface area contributed by atoms with E-state index in [0.29, 0.717) is 35.2 Å². The molecule has 0 bridgehead atoms. The summed E-state index contributed by atoms with van der Waals surface area (Å²) in [7, 11) is 0. The lowest BCUT2D eigenvalue weighted by atomic mass is 10.1. The van der Waals surface area contributed by atoms with Gasteiger partial charge in [0.25, 0.3) is 5.91 Å². The summed E-state index contributed by atoms with van der Waals surface area (Å²) in [5, 5.41) is 6.24. The number of rotatable bonds is 10. The zero-order valence-electron chi connectivity index (χ0n) is 19.9. The van der Waals surface area contributed by atoms with Crippen LogP contribution in [0.4, 0.5) is 11.4 Å². The number of carbonyl (C=O) groups is 3. The van der Waals surface area contributed by atoms with Crippen molar-refractivity contribution in [2.24, 2.45) is 5.92 Å². The predicted octanol–water partition coefficient (Wildman–Crippen LogP) is 3.42. The first-order valence-corrected chi connectivity index (χ1v) is 12.1. The SMILES string of the molecule is Cc1ccc(Cl)cc1NC(=O)COc1ccc(N2C[C@H](C(=O)NCCCn3ccnc3)CC2=O)cc1. The van der Waals surface area contributed by atoms with E-state index in [1.54, 1.807) is 53.8 Å². The lowest BCUT2D eigenvalue weighted by molar-refractivity contribution is -0.126. The fraction of sp³-hybridized carbons (Fsp3) is 0.308. The number of hydrogen-bond acceptors (Lipinski definition) is 5. The monoisotopic (exact) mass is 509 g/mol. The molecule has 188 valence electrons. The van der Waals surface area contributed by atoms with Gasteiger partial charge in [0.2, 0.25) is 11.8 Å². The highest BCUT2D eigenvalue weighted by atomic mass is 35.5. The third-order valence-corrected chi connectivity index (χ3v) is 6.17. The summed E-state index contributed by atoms with van der Waals surface area (Å²) in [6.07, 6.45) is 6.29. The standard InChI is InChI=1S/C26H28ClN5O4/c1-18-3-4-20(27)14-23(18)30-24(33)16-36-22-7-5-21(6-8-22)32-15-19(13-25(32)34)26(35)29-9-2-11-31-12-10-28-17-31/h3-8,10,12,14,17,19H,2,9,11,13,15-16H2,1H3,(H,29,35)(H,30,33)/t19-/m1/s1. The normalized spacial score (nSPS) is 15.1. The van der Waals surface area contributed by atoms with Gasteiger partial charge in [-0.15, -0.1) is 0 Å². The smallest absolute Gasteiger partial charge is 0.262 e. The first kappa shape index (κ1) is 25.2. The number of carbonyl (C=O) groups excluding carboxylic acids is 3. The van der Waals surface area contributed by atoms with E-state index in [1.807, 2.05) is 23.8 Å². The summed E-state index contributed by atoms with van der Waals surface area (Å²) in [5.74, 6) is -0.412. The van der Waals surface area contributed by atoms with Crippen LogP contribution in [0.5, 0.6) is 5.75 Å². The van der Waals surface area contributed by atoms with Gasteiger partial charge in [-0.05, 0) is 55.3 Å². The third kappa shape index (κ3) is 6.63. The Labute approximate surface area is 214 Å². The van der Waals surface area contributed by atoms with Crippen LogP contribution in [-0.2, 0) is 20.9 Å². The topological polar surface area (TPSA) is 106 Å². The number of ether oxygens (including phenoxy) is 1. The van der Waals surface area contributed by atoms with Crippen molar-refractivity contribution < 1.29 is 19.1 Å². The van der Waals surface area contributed by atoms with Gasteiger partial charge in [-0.3, -0.25) is 14.4 Å². The van der Waals surface area contributed by atoms with Crippen molar-refractivity contribution >= 4 is 40.7 Å². The van der Waals surface area contributed by atoms with Crippen molar-refractivity contribution in [3.63, 3.8) is 0 Å². The number of hydrogen-bond donors (Lipinski definition) is 2. The summed E-state index contributed by atoms with van der Waals surface area (Å²) in [4.78, 5) is 42.9. The van der Waals surface area contributed by atoms with E-state index >= 15 is 0 Å². The zero-order valence-corrected chi connectivity index (χ0v) is 20.7. The van der Waals surface area contributed by atoms with Crippen molar-refractivity contribution in [2.45, 2.75) is 26.3 Å². The zero-order chi connectivity index (χ0) is 25.5. The van der Waals surface area contributed by atoms with Gasteiger partial charge in [0.1, 0.15) is 5.75 Å². The molecular weight excluding hydrogens is 482 g/mol. The molecule has 1 aliphatic rings.